The molecule has 0 spiro atoms. The molecule has 0 aliphatic heterocycles. The number of nitrogens with one attached hydrogen (secondary N) is 1. The Kier molecular flexibility index (Phi) is 4.51. The maximum atomic E-state index is 9.26. The summed E-state index contributed by atoms with van der Waals surface area (Å²) in [5.41, 5.74) is 1.71. The molecular weight excluding hydrogens is 234 g/mol. The van der Waals surface area contributed by atoms with Gasteiger partial charge in [0.1, 0.15) is 5.75 Å². The van der Waals surface area contributed by atoms with Crippen molar-refractivity contribution >= 4 is 0 Å². The van der Waals surface area contributed by atoms with Crippen LogP contribution >= 0.6 is 0 Å². The van der Waals surface area contributed by atoms with Crippen LogP contribution in [0, 0.1) is 11.3 Å². The van der Waals surface area contributed by atoms with Gasteiger partial charge < -0.3 is 10.4 Å². The zero-order valence-corrected chi connectivity index (χ0v) is 12.4. The Hall–Kier alpha value is -1.02. The van der Waals surface area contributed by atoms with Crippen LogP contribution in [-0.4, -0.2) is 11.1 Å². The van der Waals surface area contributed by atoms with Crippen LogP contribution in [0.2, 0.25) is 0 Å². The molecule has 1 saturated carbocycles. The molecule has 19 heavy (non-hydrogen) atoms. The van der Waals surface area contributed by atoms with Crippen molar-refractivity contribution in [3.05, 3.63) is 29.8 Å². The van der Waals surface area contributed by atoms with Crippen molar-refractivity contribution in [2.75, 3.05) is 0 Å². The minimum absolute atomic E-state index is 0.342. The molecular formula is C17H27NO. The zero-order valence-electron chi connectivity index (χ0n) is 12.4. The number of aromatic hydroxyl groups is 1. The third-order valence-corrected chi connectivity index (χ3v) is 4.48. The molecule has 1 aliphatic rings. The van der Waals surface area contributed by atoms with Gasteiger partial charge in [-0.15, -0.1) is 0 Å². The van der Waals surface area contributed by atoms with Gasteiger partial charge >= 0.3 is 0 Å². The van der Waals surface area contributed by atoms with Crippen molar-refractivity contribution in [3.63, 3.8) is 0 Å². The summed E-state index contributed by atoms with van der Waals surface area (Å²) in [6.45, 7) is 8.00. The third kappa shape index (κ3) is 4.24. The largest absolute Gasteiger partial charge is 0.508 e. The Balaban J connectivity index is 1.75. The zero-order chi connectivity index (χ0) is 13.9. The van der Waals surface area contributed by atoms with E-state index in [-0.39, 0.29) is 0 Å². The summed E-state index contributed by atoms with van der Waals surface area (Å²) in [4.78, 5) is 0. The van der Waals surface area contributed by atoms with Gasteiger partial charge in [0.15, 0.2) is 0 Å². The van der Waals surface area contributed by atoms with Crippen LogP contribution in [0.4, 0.5) is 0 Å². The molecule has 2 heteroatoms. The van der Waals surface area contributed by atoms with Gasteiger partial charge in [-0.1, -0.05) is 32.9 Å². The van der Waals surface area contributed by atoms with Crippen LogP contribution < -0.4 is 5.32 Å². The van der Waals surface area contributed by atoms with Gasteiger partial charge in [-0.3, -0.25) is 0 Å². The Morgan fingerprint density at radius 2 is 1.63 bits per heavy atom. The lowest BCUT2D eigenvalue weighted by Crippen LogP contribution is -2.35. The highest BCUT2D eigenvalue weighted by Gasteiger charge is 2.29. The van der Waals surface area contributed by atoms with E-state index >= 15 is 0 Å². The summed E-state index contributed by atoms with van der Waals surface area (Å²) < 4.78 is 0. The fourth-order valence-electron chi connectivity index (χ4n) is 3.04. The standard InChI is InChI=1S/C17H27NO/c1-17(2,3)14-6-8-15(9-7-14)18-12-13-4-10-16(19)11-5-13/h4-5,10-11,14-15,18-19H,6-9,12H2,1-3H3. The highest BCUT2D eigenvalue weighted by molar-refractivity contribution is 5.25. The predicted octanol–water partition coefficient (Wildman–Crippen LogP) is 4.09. The summed E-state index contributed by atoms with van der Waals surface area (Å²) in [7, 11) is 0. The number of phenols is 1. The normalized spacial score (nSPS) is 24.4. The molecule has 1 aromatic rings. The van der Waals surface area contributed by atoms with Gasteiger partial charge in [0.25, 0.3) is 0 Å². The first-order valence-electron chi connectivity index (χ1n) is 7.46. The average Bonchev–Trinajstić information content (AvgIpc) is 2.37. The smallest absolute Gasteiger partial charge is 0.115 e. The second-order valence-electron chi connectivity index (χ2n) is 6.96. The minimum atomic E-state index is 0.342. The second kappa shape index (κ2) is 5.96. The molecule has 2 rings (SSSR count). The SMILES string of the molecule is CC(C)(C)C1CCC(NCc2ccc(O)cc2)CC1. The molecule has 0 atom stereocenters. The lowest BCUT2D eigenvalue weighted by molar-refractivity contribution is 0.160. The van der Waals surface area contributed by atoms with Crippen LogP contribution in [-0.2, 0) is 6.54 Å². The van der Waals surface area contributed by atoms with Crippen LogP contribution in [0.1, 0.15) is 52.0 Å². The lowest BCUT2D eigenvalue weighted by atomic mass is 9.71. The first-order valence-corrected chi connectivity index (χ1v) is 7.46. The summed E-state index contributed by atoms with van der Waals surface area (Å²) in [5, 5.41) is 12.9. The van der Waals surface area contributed by atoms with Crippen molar-refractivity contribution < 1.29 is 5.11 Å². The quantitative estimate of drug-likeness (QED) is 0.859. The number of hydrogen-bond donors (Lipinski definition) is 2. The Morgan fingerprint density at radius 1 is 1.05 bits per heavy atom. The number of phenolic OH excluding ortho intramolecular Hbond substituents is 1. The first-order chi connectivity index (χ1) is 8.95. The molecule has 1 aromatic carbocycles. The van der Waals surface area contributed by atoms with E-state index in [4.69, 9.17) is 0 Å². The molecule has 0 unspecified atom stereocenters. The molecule has 2 N–H and O–H groups in total. The summed E-state index contributed by atoms with van der Waals surface area (Å²) in [5.74, 6) is 1.22. The summed E-state index contributed by atoms with van der Waals surface area (Å²) >= 11 is 0. The van der Waals surface area contributed by atoms with E-state index in [9.17, 15) is 5.11 Å². The molecule has 0 saturated heterocycles. The van der Waals surface area contributed by atoms with E-state index in [1.165, 1.54) is 31.2 Å². The number of benzene rings is 1. The van der Waals surface area contributed by atoms with Crippen LogP contribution in [0.5, 0.6) is 5.75 Å². The molecule has 0 bridgehead atoms. The van der Waals surface area contributed by atoms with Gasteiger partial charge in [-0.05, 0) is 54.7 Å². The minimum Gasteiger partial charge on any atom is -0.508 e. The van der Waals surface area contributed by atoms with E-state index in [0.717, 1.165) is 12.5 Å². The number of rotatable bonds is 3. The average molecular weight is 261 g/mol. The van der Waals surface area contributed by atoms with E-state index in [1.54, 1.807) is 12.1 Å². The van der Waals surface area contributed by atoms with Crippen molar-refractivity contribution in [2.45, 2.75) is 59.0 Å². The Bertz CT molecular complexity index is 383. The van der Waals surface area contributed by atoms with Crippen molar-refractivity contribution in [3.8, 4) is 5.75 Å². The first kappa shape index (κ1) is 14.4. The molecule has 1 fully saturated rings. The van der Waals surface area contributed by atoms with Gasteiger partial charge in [0.05, 0.1) is 0 Å². The molecule has 2 nitrogen and oxygen atoms in total. The van der Waals surface area contributed by atoms with E-state index < -0.39 is 0 Å². The van der Waals surface area contributed by atoms with E-state index in [1.807, 2.05) is 12.1 Å². The molecule has 0 heterocycles. The van der Waals surface area contributed by atoms with Gasteiger partial charge in [-0.2, -0.15) is 0 Å². The summed E-state index contributed by atoms with van der Waals surface area (Å²) in [6, 6.07) is 8.15. The Labute approximate surface area is 117 Å². The van der Waals surface area contributed by atoms with Crippen molar-refractivity contribution in [1.82, 2.24) is 5.32 Å². The molecule has 0 amide bonds. The third-order valence-electron chi connectivity index (χ3n) is 4.48. The van der Waals surface area contributed by atoms with Gasteiger partial charge in [0.2, 0.25) is 0 Å². The molecule has 106 valence electrons. The molecule has 0 radical (unpaired) electrons. The lowest BCUT2D eigenvalue weighted by Gasteiger charge is -2.37. The molecule has 0 aromatic heterocycles. The topological polar surface area (TPSA) is 32.3 Å². The Morgan fingerprint density at radius 3 is 2.16 bits per heavy atom. The van der Waals surface area contributed by atoms with Gasteiger partial charge in [-0.25, -0.2) is 0 Å². The van der Waals surface area contributed by atoms with Crippen LogP contribution in [0.25, 0.3) is 0 Å². The highest BCUT2D eigenvalue weighted by Crippen LogP contribution is 2.37. The summed E-state index contributed by atoms with van der Waals surface area (Å²) in [6.07, 6.45) is 5.27. The maximum absolute atomic E-state index is 9.26. The van der Waals surface area contributed by atoms with Crippen LogP contribution in [0.3, 0.4) is 0 Å². The highest BCUT2D eigenvalue weighted by atomic mass is 16.3. The fourth-order valence-corrected chi connectivity index (χ4v) is 3.04. The monoisotopic (exact) mass is 261 g/mol. The maximum Gasteiger partial charge on any atom is 0.115 e. The van der Waals surface area contributed by atoms with Crippen molar-refractivity contribution in [2.24, 2.45) is 11.3 Å². The van der Waals surface area contributed by atoms with E-state index in [0.29, 0.717) is 17.2 Å². The van der Waals surface area contributed by atoms with Crippen LogP contribution in [0.15, 0.2) is 24.3 Å². The molecule has 1 aliphatic carbocycles. The van der Waals surface area contributed by atoms with Crippen molar-refractivity contribution in [1.29, 1.82) is 0 Å². The predicted molar refractivity (Wildman–Crippen MR) is 80.1 cm³/mol. The number of hydrogen-bond acceptors (Lipinski definition) is 2. The fraction of sp³-hybridized carbons (Fsp3) is 0.647. The second-order valence-corrected chi connectivity index (χ2v) is 6.96. The van der Waals surface area contributed by atoms with Gasteiger partial charge in [0, 0.05) is 12.6 Å². The van der Waals surface area contributed by atoms with E-state index in [2.05, 4.69) is 26.1 Å².